The number of hydrogen-bond donors (Lipinski definition) is 2. The van der Waals surface area contributed by atoms with Crippen molar-refractivity contribution in [2.75, 3.05) is 13.2 Å². The fraction of sp³-hybridized carbons (Fsp3) is 0.562. The first-order valence-electron chi connectivity index (χ1n) is 7.32. The summed E-state index contributed by atoms with van der Waals surface area (Å²) in [5.41, 5.74) is 1.11. The minimum absolute atomic E-state index is 0.0533. The molecular formula is C16H26N2O2. The van der Waals surface area contributed by atoms with Gasteiger partial charge >= 0.3 is 0 Å². The third-order valence-electron chi connectivity index (χ3n) is 2.96. The Hall–Kier alpha value is -1.55. The Morgan fingerprint density at radius 2 is 1.95 bits per heavy atom. The first kappa shape index (κ1) is 16.5. The van der Waals surface area contributed by atoms with Crippen molar-refractivity contribution in [3.63, 3.8) is 0 Å². The molecule has 4 heteroatoms. The van der Waals surface area contributed by atoms with Gasteiger partial charge in [0.05, 0.1) is 0 Å². The lowest BCUT2D eigenvalue weighted by atomic mass is 10.0. The zero-order chi connectivity index (χ0) is 15.0. The summed E-state index contributed by atoms with van der Waals surface area (Å²) in [7, 11) is 0. The van der Waals surface area contributed by atoms with Gasteiger partial charge in [-0.15, -0.1) is 0 Å². The van der Waals surface area contributed by atoms with Crippen LogP contribution in [-0.2, 0) is 4.79 Å². The van der Waals surface area contributed by atoms with Gasteiger partial charge in [-0.05, 0) is 32.9 Å². The van der Waals surface area contributed by atoms with Crippen molar-refractivity contribution in [2.24, 2.45) is 0 Å². The second-order valence-corrected chi connectivity index (χ2v) is 5.07. The Labute approximate surface area is 121 Å². The van der Waals surface area contributed by atoms with E-state index in [1.54, 1.807) is 0 Å². The van der Waals surface area contributed by atoms with E-state index in [2.05, 4.69) is 24.5 Å². The third kappa shape index (κ3) is 5.21. The second kappa shape index (κ2) is 8.59. The molecule has 2 N–H and O–H groups in total. The number of nitrogens with one attached hydrogen (secondary N) is 2. The van der Waals surface area contributed by atoms with Crippen LogP contribution < -0.4 is 15.4 Å². The fourth-order valence-electron chi connectivity index (χ4n) is 2.13. The Kier molecular flexibility index (Phi) is 7.09. The van der Waals surface area contributed by atoms with Gasteiger partial charge in [0.15, 0.2) is 6.61 Å². The van der Waals surface area contributed by atoms with Gasteiger partial charge in [0.1, 0.15) is 5.75 Å². The van der Waals surface area contributed by atoms with E-state index in [0.717, 1.165) is 24.3 Å². The standard InChI is InChI=1S/C16H26N2O2/c1-5-14(17-6-2)13-9-7-8-10-15(13)20-11-16(19)18-12(3)4/h7-10,12,14,17H,5-6,11H2,1-4H3,(H,18,19). The smallest absolute Gasteiger partial charge is 0.258 e. The molecule has 1 unspecified atom stereocenters. The number of carbonyl (C=O) groups is 1. The van der Waals surface area contributed by atoms with Crippen LogP contribution >= 0.6 is 0 Å². The lowest BCUT2D eigenvalue weighted by Crippen LogP contribution is -2.34. The Morgan fingerprint density at radius 3 is 2.55 bits per heavy atom. The molecule has 1 rings (SSSR count). The molecule has 0 fully saturated rings. The molecule has 1 aromatic rings. The third-order valence-corrected chi connectivity index (χ3v) is 2.96. The highest BCUT2D eigenvalue weighted by Gasteiger charge is 2.14. The molecule has 1 amide bonds. The van der Waals surface area contributed by atoms with E-state index in [0.29, 0.717) is 0 Å². The number of para-hydroxylation sites is 1. The summed E-state index contributed by atoms with van der Waals surface area (Å²) in [6.45, 7) is 9.05. The van der Waals surface area contributed by atoms with E-state index in [9.17, 15) is 4.79 Å². The Bertz CT molecular complexity index is 419. The van der Waals surface area contributed by atoms with Crippen LogP contribution in [0, 0.1) is 0 Å². The first-order chi connectivity index (χ1) is 9.58. The largest absolute Gasteiger partial charge is 0.483 e. The molecule has 4 nitrogen and oxygen atoms in total. The molecule has 1 aromatic carbocycles. The molecule has 0 aromatic heterocycles. The first-order valence-corrected chi connectivity index (χ1v) is 7.32. The van der Waals surface area contributed by atoms with Crippen molar-refractivity contribution >= 4 is 5.91 Å². The van der Waals surface area contributed by atoms with E-state index in [4.69, 9.17) is 4.74 Å². The summed E-state index contributed by atoms with van der Waals surface area (Å²) in [6.07, 6.45) is 0.979. The Balaban J connectivity index is 2.72. The summed E-state index contributed by atoms with van der Waals surface area (Å²) in [6, 6.07) is 8.27. The van der Waals surface area contributed by atoms with Crippen LogP contribution in [0.1, 0.15) is 45.7 Å². The molecule has 0 aliphatic heterocycles. The van der Waals surface area contributed by atoms with Crippen LogP contribution in [-0.4, -0.2) is 25.1 Å². The highest BCUT2D eigenvalue weighted by molar-refractivity contribution is 5.77. The van der Waals surface area contributed by atoms with Gasteiger partial charge in [-0.1, -0.05) is 32.0 Å². The van der Waals surface area contributed by atoms with Gasteiger partial charge in [0, 0.05) is 17.6 Å². The SMILES string of the molecule is CCNC(CC)c1ccccc1OCC(=O)NC(C)C. The van der Waals surface area contributed by atoms with Crippen molar-refractivity contribution in [3.8, 4) is 5.75 Å². The number of ether oxygens (including phenoxy) is 1. The van der Waals surface area contributed by atoms with Crippen molar-refractivity contribution in [2.45, 2.75) is 46.2 Å². The van der Waals surface area contributed by atoms with Crippen molar-refractivity contribution in [1.82, 2.24) is 10.6 Å². The monoisotopic (exact) mass is 278 g/mol. The molecule has 0 aliphatic rings. The summed E-state index contributed by atoms with van der Waals surface area (Å²) in [5, 5.41) is 6.25. The van der Waals surface area contributed by atoms with Crippen molar-refractivity contribution < 1.29 is 9.53 Å². The van der Waals surface area contributed by atoms with Crippen LogP contribution in [0.5, 0.6) is 5.75 Å². The molecule has 20 heavy (non-hydrogen) atoms. The van der Waals surface area contributed by atoms with Crippen LogP contribution in [0.25, 0.3) is 0 Å². The molecule has 0 spiro atoms. The zero-order valence-electron chi connectivity index (χ0n) is 12.9. The summed E-state index contributed by atoms with van der Waals surface area (Å²) >= 11 is 0. The molecule has 0 saturated carbocycles. The van der Waals surface area contributed by atoms with Crippen LogP contribution in [0.2, 0.25) is 0 Å². The molecule has 0 bridgehead atoms. The second-order valence-electron chi connectivity index (χ2n) is 5.07. The van der Waals surface area contributed by atoms with Crippen molar-refractivity contribution in [1.29, 1.82) is 0 Å². The summed E-state index contributed by atoms with van der Waals surface area (Å²) in [4.78, 5) is 11.7. The minimum Gasteiger partial charge on any atom is -0.483 e. The Morgan fingerprint density at radius 1 is 1.25 bits per heavy atom. The number of hydrogen-bond acceptors (Lipinski definition) is 3. The maximum Gasteiger partial charge on any atom is 0.258 e. The van der Waals surface area contributed by atoms with E-state index in [-0.39, 0.29) is 24.6 Å². The molecule has 1 atom stereocenters. The lowest BCUT2D eigenvalue weighted by Gasteiger charge is -2.20. The maximum absolute atomic E-state index is 11.7. The molecule has 0 saturated heterocycles. The number of benzene rings is 1. The molecule has 0 radical (unpaired) electrons. The average Bonchev–Trinajstić information content (AvgIpc) is 2.42. The van der Waals surface area contributed by atoms with Gasteiger partial charge in [0.2, 0.25) is 0 Å². The fourth-order valence-corrected chi connectivity index (χ4v) is 2.13. The highest BCUT2D eigenvalue weighted by Crippen LogP contribution is 2.26. The summed E-state index contributed by atoms with van der Waals surface area (Å²) < 4.78 is 5.68. The predicted molar refractivity (Wildman–Crippen MR) is 81.9 cm³/mol. The van der Waals surface area contributed by atoms with Gasteiger partial charge in [-0.25, -0.2) is 0 Å². The topological polar surface area (TPSA) is 50.4 Å². The van der Waals surface area contributed by atoms with Crippen molar-refractivity contribution in [3.05, 3.63) is 29.8 Å². The predicted octanol–water partition coefficient (Wildman–Crippen LogP) is 2.65. The van der Waals surface area contributed by atoms with Crippen LogP contribution in [0.15, 0.2) is 24.3 Å². The highest BCUT2D eigenvalue weighted by atomic mass is 16.5. The van der Waals surface area contributed by atoms with E-state index >= 15 is 0 Å². The normalized spacial score (nSPS) is 12.2. The van der Waals surface area contributed by atoms with Gasteiger partial charge < -0.3 is 15.4 Å². The molecular weight excluding hydrogens is 252 g/mol. The quantitative estimate of drug-likeness (QED) is 0.768. The van der Waals surface area contributed by atoms with E-state index in [1.165, 1.54) is 0 Å². The molecule has 0 heterocycles. The van der Waals surface area contributed by atoms with Crippen LogP contribution in [0.4, 0.5) is 0 Å². The minimum atomic E-state index is -0.0914. The number of amides is 1. The van der Waals surface area contributed by atoms with Crippen LogP contribution in [0.3, 0.4) is 0 Å². The average molecular weight is 278 g/mol. The number of carbonyl (C=O) groups excluding carboxylic acids is 1. The lowest BCUT2D eigenvalue weighted by molar-refractivity contribution is -0.123. The van der Waals surface area contributed by atoms with Gasteiger partial charge in [0.25, 0.3) is 5.91 Å². The molecule has 112 valence electrons. The maximum atomic E-state index is 11.7. The van der Waals surface area contributed by atoms with Gasteiger partial charge in [-0.3, -0.25) is 4.79 Å². The number of rotatable bonds is 8. The summed E-state index contributed by atoms with van der Waals surface area (Å²) in [5.74, 6) is 0.686. The zero-order valence-corrected chi connectivity index (χ0v) is 12.9. The van der Waals surface area contributed by atoms with E-state index in [1.807, 2.05) is 38.1 Å². The van der Waals surface area contributed by atoms with E-state index < -0.39 is 0 Å². The molecule has 0 aliphatic carbocycles. The van der Waals surface area contributed by atoms with Gasteiger partial charge in [-0.2, -0.15) is 0 Å².